The molecule has 0 radical (unpaired) electrons. The second kappa shape index (κ2) is 10.8. The van der Waals surface area contributed by atoms with Crippen LogP contribution in [-0.4, -0.2) is 63.6 Å². The minimum atomic E-state index is -1.12. The molecule has 1 aromatic heterocycles. The number of aromatic nitrogens is 1. The van der Waals surface area contributed by atoms with E-state index in [9.17, 15) is 19.2 Å². The third-order valence-electron chi connectivity index (χ3n) is 5.27. The van der Waals surface area contributed by atoms with Crippen molar-refractivity contribution in [3.05, 3.63) is 22.8 Å². The first-order valence-corrected chi connectivity index (χ1v) is 12.7. The first-order chi connectivity index (χ1) is 16.9. The van der Waals surface area contributed by atoms with Gasteiger partial charge in [-0.05, 0) is 26.8 Å². The highest BCUT2D eigenvalue weighted by atomic mass is 32.2. The predicted octanol–water partition coefficient (Wildman–Crippen LogP) is 0.149. The molecule has 3 heterocycles. The van der Waals surface area contributed by atoms with E-state index in [1.807, 2.05) is 0 Å². The minimum Gasteiger partial charge on any atom is -0.425 e. The molecule has 13 nitrogen and oxygen atoms in total. The molecular weight excluding hydrogens is 514 g/mol. The van der Waals surface area contributed by atoms with Crippen molar-refractivity contribution in [3.63, 3.8) is 0 Å². The van der Waals surface area contributed by atoms with E-state index in [1.165, 1.54) is 33.5 Å². The number of amides is 2. The number of nitrogen functional groups attached to an aromatic ring is 1. The maximum atomic E-state index is 12.8. The van der Waals surface area contributed by atoms with Crippen molar-refractivity contribution < 1.29 is 43.2 Å². The lowest BCUT2D eigenvalue weighted by atomic mass is 9.97. The number of anilines is 1. The van der Waals surface area contributed by atoms with Gasteiger partial charge < -0.3 is 25.2 Å². The number of hydrogen-bond donors (Lipinski definition) is 3. The molecule has 2 unspecified atom stereocenters. The van der Waals surface area contributed by atoms with Gasteiger partial charge in [0.2, 0.25) is 17.9 Å². The van der Waals surface area contributed by atoms with Crippen molar-refractivity contribution >= 4 is 57.7 Å². The molecule has 36 heavy (non-hydrogen) atoms. The fourth-order valence-electron chi connectivity index (χ4n) is 3.37. The molecule has 3 rings (SSSR count). The number of nitrogens with two attached hydrogens (primary N) is 2. The summed E-state index contributed by atoms with van der Waals surface area (Å²) in [6.07, 6.45) is 0.466. The van der Waals surface area contributed by atoms with Crippen molar-refractivity contribution in [1.29, 1.82) is 0 Å². The van der Waals surface area contributed by atoms with Crippen molar-refractivity contribution in [3.8, 4) is 0 Å². The number of primary amides is 1. The van der Waals surface area contributed by atoms with Crippen LogP contribution in [0.3, 0.4) is 0 Å². The van der Waals surface area contributed by atoms with E-state index < -0.39 is 35.5 Å². The molecule has 0 aliphatic carbocycles. The lowest BCUT2D eigenvalue weighted by Crippen LogP contribution is -2.62. The Labute approximate surface area is 215 Å². The highest BCUT2D eigenvalue weighted by Gasteiger charge is 2.52. The third-order valence-corrected chi connectivity index (χ3v) is 7.31. The lowest BCUT2D eigenvalue weighted by molar-refractivity contribution is -0.717. The van der Waals surface area contributed by atoms with Gasteiger partial charge in [0, 0.05) is 18.1 Å². The van der Waals surface area contributed by atoms with Gasteiger partial charge in [-0.3, -0.25) is 25.0 Å². The standard InChI is InChI=1S/C21H27N5O8S2/c1-10(34-19(30)21(2,3)4)33-18(29)12-5-6-35-17-11(16(28)26(12)17)7-32-9-25-13(8-36-20(25)23)14(24-31)15(22)27/h5,8,10-11,17,23H,6-7,9H2,1-4H3,(H3,22,27,31)/p+1/t10?,11?,17-/m0/s1. The molecule has 15 heteroatoms. The Morgan fingerprint density at radius 1 is 1.33 bits per heavy atom. The number of nitrogens with zero attached hydrogens (tertiary/aromatic N) is 3. The summed E-state index contributed by atoms with van der Waals surface area (Å²) in [7, 11) is 0. The molecule has 1 saturated heterocycles. The van der Waals surface area contributed by atoms with Gasteiger partial charge >= 0.3 is 17.1 Å². The van der Waals surface area contributed by atoms with E-state index in [0.29, 0.717) is 5.75 Å². The average Bonchev–Trinajstić information content (AvgIpc) is 3.15. The molecule has 196 valence electrons. The van der Waals surface area contributed by atoms with Crippen LogP contribution in [0.5, 0.6) is 0 Å². The number of thioether (sulfide) groups is 1. The Morgan fingerprint density at radius 3 is 2.64 bits per heavy atom. The Hall–Kier alpha value is -3.17. The molecule has 2 amide bonds. The summed E-state index contributed by atoms with van der Waals surface area (Å²) in [6, 6.07) is 0. The summed E-state index contributed by atoms with van der Waals surface area (Å²) in [6.45, 7) is 6.36. The van der Waals surface area contributed by atoms with E-state index in [1.54, 1.807) is 26.8 Å². The third kappa shape index (κ3) is 5.63. The van der Waals surface area contributed by atoms with Crippen molar-refractivity contribution in [2.75, 3.05) is 18.1 Å². The molecule has 2 aliphatic heterocycles. The van der Waals surface area contributed by atoms with Crippen LogP contribution in [0, 0.1) is 11.3 Å². The van der Waals surface area contributed by atoms with Gasteiger partial charge in [-0.25, -0.2) is 4.79 Å². The molecule has 0 aromatic carbocycles. The Kier molecular flexibility index (Phi) is 8.26. The highest BCUT2D eigenvalue weighted by Crippen LogP contribution is 2.42. The molecule has 0 spiro atoms. The van der Waals surface area contributed by atoms with Gasteiger partial charge in [0.05, 0.1) is 23.3 Å². The van der Waals surface area contributed by atoms with Gasteiger partial charge in [0.1, 0.15) is 5.70 Å². The first-order valence-electron chi connectivity index (χ1n) is 10.8. The van der Waals surface area contributed by atoms with Gasteiger partial charge in [-0.2, -0.15) is 4.57 Å². The number of rotatable bonds is 9. The Balaban J connectivity index is 1.58. The highest BCUT2D eigenvalue weighted by molar-refractivity contribution is 8.00. The van der Waals surface area contributed by atoms with Crippen molar-refractivity contribution in [2.24, 2.45) is 22.2 Å². The zero-order valence-electron chi connectivity index (χ0n) is 20.1. The van der Waals surface area contributed by atoms with Crippen LogP contribution in [0.1, 0.15) is 33.4 Å². The molecule has 0 bridgehead atoms. The monoisotopic (exact) mass is 542 g/mol. The van der Waals surface area contributed by atoms with Crippen LogP contribution in [0.25, 0.3) is 0 Å². The number of thiazole rings is 1. The van der Waals surface area contributed by atoms with Gasteiger partial charge in [0.15, 0.2) is 12.4 Å². The van der Waals surface area contributed by atoms with Crippen molar-refractivity contribution in [1.82, 2.24) is 4.90 Å². The van der Waals surface area contributed by atoms with Gasteiger partial charge in [0.25, 0.3) is 5.91 Å². The normalized spacial score (nSPS) is 20.7. The van der Waals surface area contributed by atoms with Crippen LogP contribution in [0.4, 0.5) is 5.13 Å². The fraction of sp³-hybridized carbons (Fsp3) is 0.524. The molecule has 5 N–H and O–H groups in total. The second-order valence-electron chi connectivity index (χ2n) is 8.96. The summed E-state index contributed by atoms with van der Waals surface area (Å²) in [5.74, 6) is -2.62. The quantitative estimate of drug-likeness (QED) is 0.0737. The number of esters is 2. The van der Waals surface area contributed by atoms with Gasteiger partial charge in [-0.1, -0.05) is 16.5 Å². The summed E-state index contributed by atoms with van der Waals surface area (Å²) in [5, 5.41) is 13.4. The Bertz CT molecular complexity index is 1130. The number of fused-ring (bicyclic) bond motifs is 1. The van der Waals surface area contributed by atoms with Crippen LogP contribution >= 0.6 is 23.1 Å². The van der Waals surface area contributed by atoms with Crippen LogP contribution in [-0.2, 0) is 40.1 Å². The maximum absolute atomic E-state index is 12.8. The number of hydrogen-bond acceptors (Lipinski definition) is 12. The van der Waals surface area contributed by atoms with Gasteiger partial charge in [-0.15, -0.1) is 11.8 Å². The average molecular weight is 543 g/mol. The van der Waals surface area contributed by atoms with Crippen LogP contribution in [0.15, 0.2) is 22.3 Å². The predicted molar refractivity (Wildman–Crippen MR) is 128 cm³/mol. The number of oxime groups is 1. The van der Waals surface area contributed by atoms with Crippen LogP contribution in [0.2, 0.25) is 0 Å². The molecule has 1 aromatic rings. The topological polar surface area (TPSA) is 188 Å². The summed E-state index contributed by atoms with van der Waals surface area (Å²) < 4.78 is 17.5. The summed E-state index contributed by atoms with van der Waals surface area (Å²) in [4.78, 5) is 50.4. The zero-order chi connectivity index (χ0) is 26.8. The molecule has 3 atom stereocenters. The minimum absolute atomic E-state index is 0.0127. The summed E-state index contributed by atoms with van der Waals surface area (Å²) >= 11 is 2.55. The molecular formula is C21H28N5O8S2+. The zero-order valence-corrected chi connectivity index (χ0v) is 21.8. The molecule has 0 saturated carbocycles. The molecule has 2 aliphatic rings. The Morgan fingerprint density at radius 2 is 2.03 bits per heavy atom. The second-order valence-corrected chi connectivity index (χ2v) is 11.0. The van der Waals surface area contributed by atoms with Crippen LogP contribution < -0.4 is 16.0 Å². The maximum Gasteiger partial charge on any atom is 0.357 e. The number of carbonyl (C=O) groups is 4. The first kappa shape index (κ1) is 27.4. The smallest absolute Gasteiger partial charge is 0.357 e. The lowest BCUT2D eigenvalue weighted by Gasteiger charge is -2.48. The van der Waals surface area contributed by atoms with E-state index >= 15 is 0 Å². The van der Waals surface area contributed by atoms with E-state index in [-0.39, 0.29) is 46.9 Å². The van der Waals surface area contributed by atoms with E-state index in [0.717, 1.165) is 11.3 Å². The summed E-state index contributed by atoms with van der Waals surface area (Å²) in [5.41, 5.74) is 10.3. The largest absolute Gasteiger partial charge is 0.425 e. The number of β-lactam (4-membered cyclic amide) rings is 1. The molecule has 1 fully saturated rings. The fourth-order valence-corrected chi connectivity index (χ4v) is 5.36. The van der Waals surface area contributed by atoms with E-state index in [2.05, 4.69) is 5.16 Å². The van der Waals surface area contributed by atoms with E-state index in [4.69, 9.17) is 30.9 Å². The SMILES string of the molecule is CC(OC(=O)C1=CCS[C@H]2C(COC[n+]3c(/C(=N/O)C(N)=O)csc3N)C(=O)N12)OC(=O)C(C)(C)C. The number of carbonyl (C=O) groups excluding carboxylic acids is 4. The van der Waals surface area contributed by atoms with Crippen molar-refractivity contribution in [2.45, 2.75) is 46.1 Å². The number of ether oxygens (including phenoxy) is 3.